The second-order valence-corrected chi connectivity index (χ2v) is 5.79. The molecule has 1 aromatic carbocycles. The predicted molar refractivity (Wildman–Crippen MR) is 82.9 cm³/mol. The lowest BCUT2D eigenvalue weighted by Crippen LogP contribution is -2.36. The van der Waals surface area contributed by atoms with E-state index in [1.807, 2.05) is 31.2 Å². The first-order valence-corrected chi connectivity index (χ1v) is 7.72. The van der Waals surface area contributed by atoms with Gasteiger partial charge in [-0.1, -0.05) is 19.1 Å². The van der Waals surface area contributed by atoms with E-state index < -0.39 is 5.97 Å². The van der Waals surface area contributed by atoms with Gasteiger partial charge in [-0.2, -0.15) is 0 Å². The number of amides is 1. The normalized spacial score (nSPS) is 22.1. The Labute approximate surface area is 130 Å². The van der Waals surface area contributed by atoms with Crippen molar-refractivity contribution in [3.05, 3.63) is 29.8 Å². The minimum Gasteiger partial charge on any atom is -0.497 e. The van der Waals surface area contributed by atoms with E-state index in [2.05, 4.69) is 5.32 Å². The summed E-state index contributed by atoms with van der Waals surface area (Å²) in [5, 5.41) is 12.0. The van der Waals surface area contributed by atoms with E-state index in [0.717, 1.165) is 17.7 Å². The largest absolute Gasteiger partial charge is 0.497 e. The second-order valence-electron chi connectivity index (χ2n) is 5.79. The Kier molecular flexibility index (Phi) is 5.41. The van der Waals surface area contributed by atoms with Crippen molar-refractivity contribution in [1.29, 1.82) is 0 Å². The lowest BCUT2D eigenvalue weighted by Gasteiger charge is -2.19. The first-order chi connectivity index (χ1) is 10.5. The molecule has 1 aliphatic carbocycles. The molecule has 1 amide bonds. The van der Waals surface area contributed by atoms with E-state index in [9.17, 15) is 9.59 Å². The number of nitrogens with one attached hydrogen (secondary N) is 1. The minimum atomic E-state index is -0.765. The number of rotatable bonds is 6. The number of carboxylic acid groups (broad SMARTS) is 1. The summed E-state index contributed by atoms with van der Waals surface area (Å²) in [6.07, 6.45) is 2.61. The fraction of sp³-hybridized carbons (Fsp3) is 0.529. The van der Waals surface area contributed by atoms with E-state index in [4.69, 9.17) is 9.84 Å². The summed E-state index contributed by atoms with van der Waals surface area (Å²) in [5.41, 5.74) is 0.952. The summed E-state index contributed by atoms with van der Waals surface area (Å²) in [4.78, 5) is 23.5. The maximum absolute atomic E-state index is 12.5. The van der Waals surface area contributed by atoms with Crippen LogP contribution in [0.15, 0.2) is 24.3 Å². The zero-order chi connectivity index (χ0) is 16.1. The maximum Gasteiger partial charge on any atom is 0.306 e. The van der Waals surface area contributed by atoms with Crippen LogP contribution in [0.4, 0.5) is 0 Å². The Morgan fingerprint density at radius 3 is 2.50 bits per heavy atom. The van der Waals surface area contributed by atoms with Gasteiger partial charge in [0.15, 0.2) is 0 Å². The summed E-state index contributed by atoms with van der Waals surface area (Å²) in [7, 11) is 1.61. The molecule has 22 heavy (non-hydrogen) atoms. The zero-order valence-electron chi connectivity index (χ0n) is 13.0. The van der Waals surface area contributed by atoms with E-state index in [1.165, 1.54) is 0 Å². The molecule has 1 fully saturated rings. The smallest absolute Gasteiger partial charge is 0.306 e. The van der Waals surface area contributed by atoms with Gasteiger partial charge in [-0.15, -0.1) is 0 Å². The molecule has 2 N–H and O–H groups in total. The highest BCUT2D eigenvalue weighted by Gasteiger charge is 2.31. The van der Waals surface area contributed by atoms with Gasteiger partial charge in [-0.05, 0) is 43.4 Å². The summed E-state index contributed by atoms with van der Waals surface area (Å²) in [6, 6.07) is 7.48. The Balaban J connectivity index is 1.98. The Bertz CT molecular complexity index is 526. The molecule has 0 saturated heterocycles. The van der Waals surface area contributed by atoms with Crippen LogP contribution >= 0.6 is 0 Å². The highest BCUT2D eigenvalue weighted by Crippen LogP contribution is 2.27. The number of carboxylic acids is 1. The quantitative estimate of drug-likeness (QED) is 0.847. The summed E-state index contributed by atoms with van der Waals surface area (Å²) < 4.78 is 5.13. The molecule has 1 aliphatic rings. The number of hydrogen-bond donors (Lipinski definition) is 2. The molecule has 0 radical (unpaired) electrons. The first kappa shape index (κ1) is 16.3. The molecule has 5 heteroatoms. The fourth-order valence-electron chi connectivity index (χ4n) is 3.05. The predicted octanol–water partition coefficient (Wildman–Crippen LogP) is 2.56. The van der Waals surface area contributed by atoms with Gasteiger partial charge in [0, 0.05) is 6.04 Å². The van der Waals surface area contributed by atoms with Crippen molar-refractivity contribution in [3.8, 4) is 5.75 Å². The van der Waals surface area contributed by atoms with Gasteiger partial charge in [0.1, 0.15) is 5.75 Å². The van der Waals surface area contributed by atoms with Crippen molar-refractivity contribution in [2.75, 3.05) is 7.11 Å². The molecule has 2 rings (SSSR count). The van der Waals surface area contributed by atoms with Crippen molar-refractivity contribution in [2.45, 2.75) is 44.6 Å². The van der Waals surface area contributed by atoms with Gasteiger partial charge in [-0.25, -0.2) is 0 Å². The van der Waals surface area contributed by atoms with Crippen LogP contribution < -0.4 is 10.1 Å². The molecule has 0 heterocycles. The average Bonchev–Trinajstić information content (AvgIpc) is 2.97. The monoisotopic (exact) mass is 305 g/mol. The molecule has 1 aromatic rings. The van der Waals surface area contributed by atoms with Gasteiger partial charge >= 0.3 is 5.97 Å². The maximum atomic E-state index is 12.5. The highest BCUT2D eigenvalue weighted by molar-refractivity contribution is 5.84. The van der Waals surface area contributed by atoms with Crippen LogP contribution in [0, 0.1) is 5.92 Å². The van der Waals surface area contributed by atoms with Crippen molar-refractivity contribution < 1.29 is 19.4 Å². The molecule has 0 aliphatic heterocycles. The zero-order valence-corrected chi connectivity index (χ0v) is 13.0. The lowest BCUT2D eigenvalue weighted by atomic mass is 9.95. The van der Waals surface area contributed by atoms with Crippen LogP contribution in [0.3, 0.4) is 0 Å². The van der Waals surface area contributed by atoms with Crippen LogP contribution in [-0.4, -0.2) is 30.1 Å². The number of hydrogen-bond acceptors (Lipinski definition) is 3. The fourth-order valence-corrected chi connectivity index (χ4v) is 3.05. The molecule has 120 valence electrons. The highest BCUT2D eigenvalue weighted by atomic mass is 16.5. The van der Waals surface area contributed by atoms with Crippen molar-refractivity contribution >= 4 is 11.9 Å². The van der Waals surface area contributed by atoms with Gasteiger partial charge in [-0.3, -0.25) is 9.59 Å². The third-order valence-corrected chi connectivity index (χ3v) is 4.37. The molecule has 0 spiro atoms. The Morgan fingerprint density at radius 1 is 1.32 bits per heavy atom. The SMILES string of the molecule is CCC(C(=O)N[C@H]1CC[C@@H](C(=O)O)C1)c1ccc(OC)cc1. The minimum absolute atomic E-state index is 0.0243. The molecule has 3 atom stereocenters. The standard InChI is InChI=1S/C17H23NO4/c1-3-15(11-5-8-14(22-2)9-6-11)16(19)18-13-7-4-12(10-13)17(20)21/h5-6,8-9,12-13,15H,3-4,7,10H2,1-2H3,(H,18,19)(H,20,21)/t12-,13+,15?/m1/s1. The van der Waals surface area contributed by atoms with Crippen LogP contribution in [0.25, 0.3) is 0 Å². The number of ether oxygens (including phenoxy) is 1. The van der Waals surface area contributed by atoms with Crippen LogP contribution in [-0.2, 0) is 9.59 Å². The van der Waals surface area contributed by atoms with Gasteiger partial charge in [0.2, 0.25) is 5.91 Å². The van der Waals surface area contributed by atoms with Gasteiger partial charge in [0.25, 0.3) is 0 Å². The number of methoxy groups -OCH3 is 1. The third-order valence-electron chi connectivity index (χ3n) is 4.37. The molecule has 5 nitrogen and oxygen atoms in total. The first-order valence-electron chi connectivity index (χ1n) is 7.72. The van der Waals surface area contributed by atoms with Crippen LogP contribution in [0.5, 0.6) is 5.75 Å². The molecular weight excluding hydrogens is 282 g/mol. The van der Waals surface area contributed by atoms with E-state index >= 15 is 0 Å². The Morgan fingerprint density at radius 2 is 2.00 bits per heavy atom. The van der Waals surface area contributed by atoms with Crippen molar-refractivity contribution in [3.63, 3.8) is 0 Å². The molecule has 1 saturated carbocycles. The second kappa shape index (κ2) is 7.29. The summed E-state index contributed by atoms with van der Waals surface area (Å²) in [6.45, 7) is 1.98. The van der Waals surface area contributed by atoms with Crippen LogP contribution in [0.2, 0.25) is 0 Å². The number of carbonyl (C=O) groups is 2. The lowest BCUT2D eigenvalue weighted by molar-refractivity contribution is -0.141. The molecule has 1 unspecified atom stereocenters. The number of aliphatic carboxylic acids is 1. The van der Waals surface area contributed by atoms with Crippen molar-refractivity contribution in [2.24, 2.45) is 5.92 Å². The van der Waals surface area contributed by atoms with E-state index in [0.29, 0.717) is 19.3 Å². The topological polar surface area (TPSA) is 75.6 Å². The molecule has 0 bridgehead atoms. The van der Waals surface area contributed by atoms with E-state index in [1.54, 1.807) is 7.11 Å². The van der Waals surface area contributed by atoms with Gasteiger partial charge < -0.3 is 15.2 Å². The number of benzene rings is 1. The van der Waals surface area contributed by atoms with E-state index in [-0.39, 0.29) is 23.8 Å². The van der Waals surface area contributed by atoms with Gasteiger partial charge in [0.05, 0.1) is 18.9 Å². The molecule has 0 aromatic heterocycles. The summed E-state index contributed by atoms with van der Waals surface area (Å²) in [5.74, 6) is -0.567. The Hall–Kier alpha value is -2.04. The molecular formula is C17H23NO4. The average molecular weight is 305 g/mol. The number of carbonyl (C=O) groups excluding carboxylic acids is 1. The third kappa shape index (κ3) is 3.78. The van der Waals surface area contributed by atoms with Crippen molar-refractivity contribution in [1.82, 2.24) is 5.32 Å². The van der Waals surface area contributed by atoms with Crippen LogP contribution in [0.1, 0.15) is 44.1 Å². The summed E-state index contributed by atoms with van der Waals surface area (Å²) >= 11 is 0.